The van der Waals surface area contributed by atoms with Gasteiger partial charge in [0.2, 0.25) is 0 Å². The zero-order chi connectivity index (χ0) is 12.1. The Morgan fingerprint density at radius 2 is 1.94 bits per heavy atom. The van der Waals surface area contributed by atoms with Crippen LogP contribution in [0.3, 0.4) is 0 Å². The third-order valence-electron chi connectivity index (χ3n) is 3.61. The van der Waals surface area contributed by atoms with Gasteiger partial charge in [-0.3, -0.25) is 0 Å². The van der Waals surface area contributed by atoms with Gasteiger partial charge in [-0.15, -0.1) is 0 Å². The van der Waals surface area contributed by atoms with E-state index in [1.54, 1.807) is 0 Å². The van der Waals surface area contributed by atoms with Crippen LogP contribution in [0.1, 0.15) is 38.2 Å². The number of rotatable bonds is 4. The van der Waals surface area contributed by atoms with E-state index in [1.165, 1.54) is 18.4 Å². The van der Waals surface area contributed by atoms with Crippen LogP contribution < -0.4 is 5.32 Å². The van der Waals surface area contributed by atoms with Crippen molar-refractivity contribution in [2.24, 2.45) is 0 Å². The Morgan fingerprint density at radius 1 is 1.24 bits per heavy atom. The molecule has 1 aliphatic carbocycles. The lowest BCUT2D eigenvalue weighted by Gasteiger charge is -2.31. The summed E-state index contributed by atoms with van der Waals surface area (Å²) in [6, 6.07) is 11.3. The molecule has 0 radical (unpaired) electrons. The largest absolute Gasteiger partial charge is 0.392 e. The van der Waals surface area contributed by atoms with E-state index in [1.807, 2.05) is 6.07 Å². The van der Waals surface area contributed by atoms with Crippen molar-refractivity contribution in [3.8, 4) is 0 Å². The van der Waals surface area contributed by atoms with E-state index in [-0.39, 0.29) is 6.10 Å². The molecular weight excluding hydrogens is 210 g/mol. The minimum absolute atomic E-state index is 0.151. The van der Waals surface area contributed by atoms with Crippen LogP contribution in [0, 0.1) is 0 Å². The standard InChI is InChI=1S/C15H23NO/c1-12(11-13-7-3-2-4-8-13)16-14-9-5-6-10-15(14)17/h2-4,7-8,12,14-17H,5-6,9-11H2,1H3/t12?,14-,15-/m0/s1. The number of nitrogens with one attached hydrogen (secondary N) is 1. The first-order chi connectivity index (χ1) is 8.25. The van der Waals surface area contributed by atoms with Crippen molar-refractivity contribution in [1.82, 2.24) is 5.32 Å². The zero-order valence-corrected chi connectivity index (χ0v) is 10.6. The molecule has 0 spiro atoms. The van der Waals surface area contributed by atoms with E-state index in [4.69, 9.17) is 0 Å². The Morgan fingerprint density at radius 3 is 2.65 bits per heavy atom. The van der Waals surface area contributed by atoms with Gasteiger partial charge in [-0.1, -0.05) is 43.2 Å². The molecule has 2 rings (SSSR count). The lowest BCUT2D eigenvalue weighted by molar-refractivity contribution is 0.0859. The van der Waals surface area contributed by atoms with Gasteiger partial charge >= 0.3 is 0 Å². The first kappa shape index (κ1) is 12.6. The van der Waals surface area contributed by atoms with Crippen molar-refractivity contribution in [2.45, 2.75) is 57.2 Å². The van der Waals surface area contributed by atoms with Crippen LogP contribution in [-0.2, 0) is 6.42 Å². The van der Waals surface area contributed by atoms with Crippen molar-refractivity contribution in [1.29, 1.82) is 0 Å². The van der Waals surface area contributed by atoms with E-state index in [2.05, 4.69) is 36.5 Å². The molecular formula is C15H23NO. The Balaban J connectivity index is 1.82. The average molecular weight is 233 g/mol. The SMILES string of the molecule is CC(Cc1ccccc1)N[C@H]1CCCC[C@@H]1O. The Hall–Kier alpha value is -0.860. The summed E-state index contributed by atoms with van der Waals surface area (Å²) in [4.78, 5) is 0. The summed E-state index contributed by atoms with van der Waals surface area (Å²) in [7, 11) is 0. The molecule has 94 valence electrons. The van der Waals surface area contributed by atoms with Crippen LogP contribution >= 0.6 is 0 Å². The highest BCUT2D eigenvalue weighted by molar-refractivity contribution is 5.15. The molecule has 0 saturated heterocycles. The van der Waals surface area contributed by atoms with Crippen LogP contribution in [-0.4, -0.2) is 23.3 Å². The van der Waals surface area contributed by atoms with Crippen molar-refractivity contribution >= 4 is 0 Å². The van der Waals surface area contributed by atoms with Crippen molar-refractivity contribution in [3.63, 3.8) is 0 Å². The van der Waals surface area contributed by atoms with E-state index in [0.717, 1.165) is 19.3 Å². The van der Waals surface area contributed by atoms with Crippen LogP contribution in [0.15, 0.2) is 30.3 Å². The fourth-order valence-corrected chi connectivity index (χ4v) is 2.70. The minimum atomic E-state index is -0.151. The van der Waals surface area contributed by atoms with Gasteiger partial charge in [-0.25, -0.2) is 0 Å². The molecule has 0 amide bonds. The Kier molecular flexibility index (Phi) is 4.57. The van der Waals surface area contributed by atoms with Crippen LogP contribution in [0.4, 0.5) is 0 Å². The number of hydrogen-bond donors (Lipinski definition) is 2. The molecule has 1 fully saturated rings. The minimum Gasteiger partial charge on any atom is -0.392 e. The fourth-order valence-electron chi connectivity index (χ4n) is 2.70. The van der Waals surface area contributed by atoms with E-state index >= 15 is 0 Å². The molecule has 1 aromatic rings. The monoisotopic (exact) mass is 233 g/mol. The quantitative estimate of drug-likeness (QED) is 0.837. The molecule has 1 aliphatic rings. The molecule has 2 nitrogen and oxygen atoms in total. The van der Waals surface area contributed by atoms with Gasteiger partial charge in [0.05, 0.1) is 6.10 Å². The molecule has 3 atom stereocenters. The van der Waals surface area contributed by atoms with Gasteiger partial charge in [0, 0.05) is 12.1 Å². The molecule has 1 saturated carbocycles. The maximum Gasteiger partial charge on any atom is 0.0693 e. The topological polar surface area (TPSA) is 32.3 Å². The van der Waals surface area contributed by atoms with Gasteiger partial charge in [0.1, 0.15) is 0 Å². The zero-order valence-electron chi connectivity index (χ0n) is 10.6. The molecule has 17 heavy (non-hydrogen) atoms. The van der Waals surface area contributed by atoms with Gasteiger partial charge < -0.3 is 10.4 Å². The second-order valence-corrected chi connectivity index (χ2v) is 5.22. The van der Waals surface area contributed by atoms with Gasteiger partial charge in [-0.2, -0.15) is 0 Å². The van der Waals surface area contributed by atoms with Gasteiger partial charge in [-0.05, 0) is 31.7 Å². The molecule has 1 unspecified atom stereocenters. The fraction of sp³-hybridized carbons (Fsp3) is 0.600. The highest BCUT2D eigenvalue weighted by Crippen LogP contribution is 2.19. The van der Waals surface area contributed by atoms with Crippen LogP contribution in [0.2, 0.25) is 0 Å². The molecule has 2 N–H and O–H groups in total. The summed E-state index contributed by atoms with van der Waals surface area (Å²) in [5, 5.41) is 13.5. The molecule has 0 aromatic heterocycles. The third kappa shape index (κ3) is 3.83. The second kappa shape index (κ2) is 6.18. The van der Waals surface area contributed by atoms with E-state index < -0.39 is 0 Å². The maximum absolute atomic E-state index is 9.92. The lowest BCUT2D eigenvalue weighted by Crippen LogP contribution is -2.46. The third-order valence-corrected chi connectivity index (χ3v) is 3.61. The predicted octanol–water partition coefficient (Wildman–Crippen LogP) is 2.51. The Labute approximate surface area is 104 Å². The summed E-state index contributed by atoms with van der Waals surface area (Å²) in [5.74, 6) is 0. The smallest absolute Gasteiger partial charge is 0.0693 e. The van der Waals surface area contributed by atoms with E-state index in [0.29, 0.717) is 12.1 Å². The number of aliphatic hydroxyl groups excluding tert-OH is 1. The summed E-state index contributed by atoms with van der Waals surface area (Å²) < 4.78 is 0. The molecule has 0 aliphatic heterocycles. The summed E-state index contributed by atoms with van der Waals surface area (Å²) in [6.07, 6.45) is 5.36. The molecule has 0 heterocycles. The van der Waals surface area contributed by atoms with Gasteiger partial charge in [0.15, 0.2) is 0 Å². The summed E-state index contributed by atoms with van der Waals surface area (Å²) in [5.41, 5.74) is 1.36. The first-order valence-corrected chi connectivity index (χ1v) is 6.74. The highest BCUT2D eigenvalue weighted by Gasteiger charge is 2.23. The van der Waals surface area contributed by atoms with Crippen molar-refractivity contribution < 1.29 is 5.11 Å². The Bertz CT molecular complexity index is 325. The summed E-state index contributed by atoms with van der Waals surface area (Å²) in [6.45, 7) is 2.20. The van der Waals surface area contributed by atoms with Crippen molar-refractivity contribution in [2.75, 3.05) is 0 Å². The average Bonchev–Trinajstić information content (AvgIpc) is 2.33. The van der Waals surface area contributed by atoms with Crippen molar-refractivity contribution in [3.05, 3.63) is 35.9 Å². The summed E-state index contributed by atoms with van der Waals surface area (Å²) >= 11 is 0. The normalized spacial score (nSPS) is 26.7. The van der Waals surface area contributed by atoms with Crippen LogP contribution in [0.5, 0.6) is 0 Å². The highest BCUT2D eigenvalue weighted by atomic mass is 16.3. The first-order valence-electron chi connectivity index (χ1n) is 6.74. The molecule has 1 aromatic carbocycles. The maximum atomic E-state index is 9.92. The molecule has 0 bridgehead atoms. The molecule has 2 heteroatoms. The number of hydrogen-bond acceptors (Lipinski definition) is 2. The lowest BCUT2D eigenvalue weighted by atomic mass is 9.91. The number of aliphatic hydroxyl groups is 1. The predicted molar refractivity (Wildman–Crippen MR) is 71.0 cm³/mol. The van der Waals surface area contributed by atoms with Crippen LogP contribution in [0.25, 0.3) is 0 Å². The second-order valence-electron chi connectivity index (χ2n) is 5.22. The van der Waals surface area contributed by atoms with E-state index in [9.17, 15) is 5.11 Å². The van der Waals surface area contributed by atoms with Gasteiger partial charge in [0.25, 0.3) is 0 Å². The number of benzene rings is 1.